The zero-order valence-corrected chi connectivity index (χ0v) is 10.9. The van der Waals surface area contributed by atoms with Crippen LogP contribution < -0.4 is 5.73 Å². The Kier molecular flexibility index (Phi) is 4.30. The number of hydrogen-bond donors (Lipinski definition) is 1. The van der Waals surface area contributed by atoms with Gasteiger partial charge >= 0.3 is 0 Å². The summed E-state index contributed by atoms with van der Waals surface area (Å²) in [6, 6.07) is 3.91. The first-order chi connectivity index (χ1) is 9.00. The van der Waals surface area contributed by atoms with Crippen LogP contribution in [0.5, 0.6) is 0 Å². The van der Waals surface area contributed by atoms with Crippen LogP contribution in [0.25, 0.3) is 0 Å². The van der Waals surface area contributed by atoms with Gasteiger partial charge in [-0.15, -0.1) is 0 Å². The Morgan fingerprint density at radius 2 is 1.89 bits per heavy atom. The van der Waals surface area contributed by atoms with E-state index in [2.05, 4.69) is 0 Å². The topological polar surface area (TPSA) is 43.1 Å². The van der Waals surface area contributed by atoms with Crippen molar-refractivity contribution in [3.8, 4) is 0 Å². The largest absolute Gasteiger partial charge is 0.325 e. The summed E-state index contributed by atoms with van der Waals surface area (Å²) in [7, 11) is 0. The highest BCUT2D eigenvalue weighted by atomic mass is 19.2. The Bertz CT molecular complexity index is 467. The Balaban J connectivity index is 1.99. The average Bonchev–Trinajstić information content (AvgIpc) is 2.35. The molecule has 0 bridgehead atoms. The van der Waals surface area contributed by atoms with Crippen molar-refractivity contribution in [1.29, 1.82) is 0 Å². The van der Waals surface area contributed by atoms with Gasteiger partial charge in [0.05, 0.1) is 0 Å². The Hall–Kier alpha value is -1.29. The fraction of sp³-hybridized carbons (Fsp3) is 0.533. The van der Waals surface area contributed by atoms with Crippen LogP contribution in [0.3, 0.4) is 0 Å². The lowest BCUT2D eigenvalue weighted by Gasteiger charge is -2.32. The maximum atomic E-state index is 13.5. The van der Waals surface area contributed by atoms with E-state index in [9.17, 15) is 13.6 Å². The molecular weight excluding hydrogens is 248 g/mol. The zero-order valence-electron chi connectivity index (χ0n) is 10.9. The maximum Gasteiger partial charge on any atom is 0.162 e. The quantitative estimate of drug-likeness (QED) is 0.910. The molecule has 1 aromatic rings. The van der Waals surface area contributed by atoms with E-state index in [0.717, 1.165) is 38.2 Å². The van der Waals surface area contributed by atoms with Crippen molar-refractivity contribution in [1.82, 2.24) is 0 Å². The third-order valence-electron chi connectivity index (χ3n) is 3.82. The summed E-state index contributed by atoms with van der Waals surface area (Å²) in [6.07, 6.45) is 5.09. The van der Waals surface area contributed by atoms with Crippen molar-refractivity contribution in [2.75, 3.05) is 0 Å². The molecule has 0 amide bonds. The molecule has 0 atom stereocenters. The lowest BCUT2D eigenvalue weighted by atomic mass is 9.78. The molecule has 4 heteroatoms. The number of rotatable bonds is 4. The summed E-state index contributed by atoms with van der Waals surface area (Å²) in [5, 5.41) is 0. The lowest BCUT2D eigenvalue weighted by molar-refractivity contribution is -0.119. The first-order valence-corrected chi connectivity index (χ1v) is 6.74. The number of carbonyl (C=O) groups excluding carboxylic acids is 1. The number of nitrogens with two attached hydrogens (primary N) is 1. The molecular formula is C15H19F2NO. The van der Waals surface area contributed by atoms with Crippen LogP contribution in [-0.4, -0.2) is 11.3 Å². The predicted molar refractivity (Wildman–Crippen MR) is 69.7 cm³/mol. The monoisotopic (exact) mass is 267 g/mol. The Labute approximate surface area is 112 Å². The number of halogens is 2. The second kappa shape index (κ2) is 5.78. The summed E-state index contributed by atoms with van der Waals surface area (Å²) in [6.45, 7) is 0. The molecule has 2 N–H and O–H groups in total. The number of benzene rings is 1. The smallest absolute Gasteiger partial charge is 0.162 e. The summed E-state index contributed by atoms with van der Waals surface area (Å²) < 4.78 is 26.5. The molecule has 1 aliphatic rings. The molecule has 0 saturated heterocycles. The van der Waals surface area contributed by atoms with E-state index in [1.54, 1.807) is 0 Å². The highest BCUT2D eigenvalue weighted by molar-refractivity contribution is 5.82. The van der Waals surface area contributed by atoms with Crippen molar-refractivity contribution >= 4 is 5.78 Å². The predicted octanol–water partition coefficient (Wildman–Crippen LogP) is 3.13. The highest BCUT2D eigenvalue weighted by Gasteiger charge is 2.30. The van der Waals surface area contributed by atoms with Gasteiger partial charge in [-0.2, -0.15) is 0 Å². The van der Waals surface area contributed by atoms with Crippen LogP contribution >= 0.6 is 0 Å². The SMILES string of the molecule is NC1(CC(=O)Cc2cccc(F)c2F)CCCCC1. The van der Waals surface area contributed by atoms with Crippen LogP contribution in [0.2, 0.25) is 0 Å². The molecule has 0 aromatic heterocycles. The van der Waals surface area contributed by atoms with E-state index in [1.807, 2.05) is 0 Å². The number of carbonyl (C=O) groups is 1. The maximum absolute atomic E-state index is 13.5. The van der Waals surface area contributed by atoms with E-state index in [-0.39, 0.29) is 24.2 Å². The molecule has 2 rings (SSSR count). The van der Waals surface area contributed by atoms with Crippen LogP contribution in [0.4, 0.5) is 8.78 Å². The van der Waals surface area contributed by atoms with Gasteiger partial charge in [-0.25, -0.2) is 8.78 Å². The molecule has 1 saturated carbocycles. The fourth-order valence-corrected chi connectivity index (χ4v) is 2.79. The van der Waals surface area contributed by atoms with Crippen LogP contribution in [0.15, 0.2) is 18.2 Å². The minimum absolute atomic E-state index is 0.0808. The number of hydrogen-bond acceptors (Lipinski definition) is 2. The summed E-state index contributed by atoms with van der Waals surface area (Å²) in [5.74, 6) is -1.95. The molecule has 0 spiro atoms. The van der Waals surface area contributed by atoms with Crippen LogP contribution in [-0.2, 0) is 11.2 Å². The standard InChI is InChI=1S/C15H19F2NO/c16-13-6-4-5-11(14(13)17)9-12(19)10-15(18)7-2-1-3-8-15/h4-6H,1-3,7-10,18H2. The van der Waals surface area contributed by atoms with Gasteiger partial charge in [-0.05, 0) is 24.5 Å². The molecule has 104 valence electrons. The van der Waals surface area contributed by atoms with Crippen molar-refractivity contribution in [3.63, 3.8) is 0 Å². The van der Waals surface area contributed by atoms with Gasteiger partial charge in [0.15, 0.2) is 11.6 Å². The highest BCUT2D eigenvalue weighted by Crippen LogP contribution is 2.29. The van der Waals surface area contributed by atoms with Crippen molar-refractivity contribution < 1.29 is 13.6 Å². The van der Waals surface area contributed by atoms with E-state index < -0.39 is 17.2 Å². The van der Waals surface area contributed by atoms with Crippen LogP contribution in [0.1, 0.15) is 44.1 Å². The van der Waals surface area contributed by atoms with Gasteiger partial charge in [-0.1, -0.05) is 31.4 Å². The van der Waals surface area contributed by atoms with Gasteiger partial charge in [0, 0.05) is 18.4 Å². The molecule has 1 aliphatic carbocycles. The van der Waals surface area contributed by atoms with E-state index in [1.165, 1.54) is 12.1 Å². The summed E-state index contributed by atoms with van der Waals surface area (Å²) in [5.41, 5.74) is 5.86. The fourth-order valence-electron chi connectivity index (χ4n) is 2.79. The molecule has 0 aliphatic heterocycles. The van der Waals surface area contributed by atoms with Gasteiger partial charge in [0.1, 0.15) is 5.78 Å². The van der Waals surface area contributed by atoms with Crippen molar-refractivity contribution in [3.05, 3.63) is 35.4 Å². The molecule has 0 heterocycles. The first kappa shape index (κ1) is 14.1. The van der Waals surface area contributed by atoms with Gasteiger partial charge in [0.25, 0.3) is 0 Å². The minimum atomic E-state index is -0.925. The lowest BCUT2D eigenvalue weighted by Crippen LogP contribution is -2.43. The zero-order chi connectivity index (χ0) is 13.9. The number of Topliss-reactive ketones (excluding diaryl/α,β-unsaturated/α-hetero) is 1. The van der Waals surface area contributed by atoms with Crippen molar-refractivity contribution in [2.24, 2.45) is 5.73 Å². The van der Waals surface area contributed by atoms with E-state index >= 15 is 0 Å². The summed E-state index contributed by atoms with van der Waals surface area (Å²) >= 11 is 0. The van der Waals surface area contributed by atoms with Gasteiger partial charge < -0.3 is 5.73 Å². The summed E-state index contributed by atoms with van der Waals surface area (Å²) in [4.78, 5) is 12.0. The normalized spacial score (nSPS) is 18.3. The Morgan fingerprint density at radius 1 is 1.21 bits per heavy atom. The third kappa shape index (κ3) is 3.60. The second-order valence-corrected chi connectivity index (χ2v) is 5.53. The van der Waals surface area contributed by atoms with E-state index in [0.29, 0.717) is 0 Å². The van der Waals surface area contributed by atoms with Crippen molar-refractivity contribution in [2.45, 2.75) is 50.5 Å². The second-order valence-electron chi connectivity index (χ2n) is 5.53. The average molecular weight is 267 g/mol. The van der Waals surface area contributed by atoms with Gasteiger partial charge in [-0.3, -0.25) is 4.79 Å². The molecule has 1 fully saturated rings. The molecule has 0 radical (unpaired) electrons. The first-order valence-electron chi connectivity index (χ1n) is 6.74. The van der Waals surface area contributed by atoms with E-state index in [4.69, 9.17) is 5.73 Å². The molecule has 19 heavy (non-hydrogen) atoms. The Morgan fingerprint density at radius 3 is 2.58 bits per heavy atom. The minimum Gasteiger partial charge on any atom is -0.325 e. The van der Waals surface area contributed by atoms with Crippen LogP contribution in [0, 0.1) is 11.6 Å². The van der Waals surface area contributed by atoms with Gasteiger partial charge in [0.2, 0.25) is 0 Å². The molecule has 1 aromatic carbocycles. The number of ketones is 1. The molecule has 0 unspecified atom stereocenters. The third-order valence-corrected chi connectivity index (χ3v) is 3.82. The molecule has 2 nitrogen and oxygen atoms in total.